The summed E-state index contributed by atoms with van der Waals surface area (Å²) in [5, 5.41) is 0. The average Bonchev–Trinajstić information content (AvgIpc) is 2.35. The minimum atomic E-state index is 0.257. The molecule has 16 heavy (non-hydrogen) atoms. The van der Waals surface area contributed by atoms with Gasteiger partial charge in [-0.2, -0.15) is 0 Å². The molecule has 0 fully saturated rings. The molecule has 1 nitrogen and oxygen atoms in total. The van der Waals surface area contributed by atoms with Crippen LogP contribution in [0.5, 0.6) is 0 Å². The van der Waals surface area contributed by atoms with Gasteiger partial charge in [0.15, 0.2) is 5.78 Å². The summed E-state index contributed by atoms with van der Waals surface area (Å²) >= 11 is 0. The van der Waals surface area contributed by atoms with E-state index >= 15 is 0 Å². The fourth-order valence-corrected chi connectivity index (χ4v) is 1.91. The van der Waals surface area contributed by atoms with E-state index in [2.05, 4.69) is 32.9 Å². The second-order valence-corrected chi connectivity index (χ2v) is 4.36. The molecule has 88 valence electrons. The molecule has 1 heteroatoms. The van der Waals surface area contributed by atoms with Crippen LogP contribution in [0, 0.1) is 0 Å². The fraction of sp³-hybridized carbons (Fsp3) is 0.533. The fourth-order valence-electron chi connectivity index (χ4n) is 1.91. The molecule has 1 unspecified atom stereocenters. The van der Waals surface area contributed by atoms with Gasteiger partial charge in [0.2, 0.25) is 0 Å². The second kappa shape index (κ2) is 5.83. The highest BCUT2D eigenvalue weighted by Gasteiger charge is 2.11. The molecule has 1 aromatic rings. The summed E-state index contributed by atoms with van der Waals surface area (Å²) in [4.78, 5) is 11.7. The van der Waals surface area contributed by atoms with Crippen molar-refractivity contribution in [1.82, 2.24) is 0 Å². The van der Waals surface area contributed by atoms with Crippen LogP contribution < -0.4 is 0 Å². The molecular formula is C15H22O. The van der Waals surface area contributed by atoms with Crippen molar-refractivity contribution in [1.29, 1.82) is 0 Å². The first kappa shape index (κ1) is 13.0. The van der Waals surface area contributed by atoms with E-state index in [-0.39, 0.29) is 5.78 Å². The minimum absolute atomic E-state index is 0.257. The van der Waals surface area contributed by atoms with Gasteiger partial charge in [-0.15, -0.1) is 0 Å². The third-order valence-electron chi connectivity index (χ3n) is 3.31. The van der Waals surface area contributed by atoms with Crippen molar-refractivity contribution in [3.05, 3.63) is 34.9 Å². The Kier molecular flexibility index (Phi) is 4.72. The lowest BCUT2D eigenvalue weighted by Crippen LogP contribution is -2.03. The Hall–Kier alpha value is -1.11. The van der Waals surface area contributed by atoms with Crippen molar-refractivity contribution in [2.24, 2.45) is 0 Å². The zero-order valence-electron chi connectivity index (χ0n) is 10.8. The Bertz CT molecular complexity index is 366. The lowest BCUT2D eigenvalue weighted by Gasteiger charge is -2.13. The molecule has 0 heterocycles. The highest BCUT2D eigenvalue weighted by Crippen LogP contribution is 2.23. The third-order valence-corrected chi connectivity index (χ3v) is 3.31. The summed E-state index contributed by atoms with van der Waals surface area (Å²) in [6, 6.07) is 6.32. The molecule has 1 rings (SSSR count). The van der Waals surface area contributed by atoms with E-state index in [9.17, 15) is 4.79 Å². The minimum Gasteiger partial charge on any atom is -0.294 e. The molecule has 0 aliphatic carbocycles. The molecule has 0 bridgehead atoms. The smallest absolute Gasteiger partial charge is 0.162 e. The predicted molar refractivity (Wildman–Crippen MR) is 69.1 cm³/mol. The Morgan fingerprint density at radius 1 is 1.25 bits per heavy atom. The van der Waals surface area contributed by atoms with Gasteiger partial charge in [0.25, 0.3) is 0 Å². The number of hydrogen-bond acceptors (Lipinski definition) is 1. The standard InChI is InChI=1S/C15H22O/c1-5-11(4)13-8-9-14(15(16)7-3)12(6-2)10-13/h8-11H,5-7H2,1-4H3. The molecule has 0 spiro atoms. The van der Waals surface area contributed by atoms with Crippen molar-refractivity contribution < 1.29 is 4.79 Å². The van der Waals surface area contributed by atoms with Gasteiger partial charge in [0, 0.05) is 12.0 Å². The Labute approximate surface area is 98.9 Å². The van der Waals surface area contributed by atoms with Crippen LogP contribution in [0.1, 0.15) is 67.9 Å². The number of aryl methyl sites for hydroxylation is 1. The zero-order chi connectivity index (χ0) is 12.1. The molecule has 0 radical (unpaired) electrons. The maximum Gasteiger partial charge on any atom is 0.162 e. The topological polar surface area (TPSA) is 17.1 Å². The highest BCUT2D eigenvalue weighted by molar-refractivity contribution is 5.97. The molecule has 1 atom stereocenters. The number of carbonyl (C=O) groups excluding carboxylic acids is 1. The second-order valence-electron chi connectivity index (χ2n) is 4.36. The first-order valence-electron chi connectivity index (χ1n) is 6.29. The lowest BCUT2D eigenvalue weighted by molar-refractivity contribution is 0.0987. The van der Waals surface area contributed by atoms with Crippen LogP contribution in [0.25, 0.3) is 0 Å². The quantitative estimate of drug-likeness (QED) is 0.671. The number of Topliss-reactive ketones (excluding diaryl/α,β-unsaturated/α-hetero) is 1. The number of hydrogen-bond donors (Lipinski definition) is 0. The molecule has 1 aromatic carbocycles. The molecule has 0 saturated heterocycles. The molecule has 0 N–H and O–H groups in total. The number of carbonyl (C=O) groups is 1. The molecule has 0 aliphatic heterocycles. The zero-order valence-corrected chi connectivity index (χ0v) is 10.8. The Morgan fingerprint density at radius 3 is 2.44 bits per heavy atom. The summed E-state index contributed by atoms with van der Waals surface area (Å²) in [6.07, 6.45) is 2.67. The number of benzene rings is 1. The van der Waals surface area contributed by atoms with Gasteiger partial charge in [-0.05, 0) is 29.9 Å². The van der Waals surface area contributed by atoms with Gasteiger partial charge in [0.05, 0.1) is 0 Å². The van der Waals surface area contributed by atoms with Crippen LogP contribution in [-0.4, -0.2) is 5.78 Å². The predicted octanol–water partition coefficient (Wildman–Crippen LogP) is 4.36. The van der Waals surface area contributed by atoms with Crippen molar-refractivity contribution in [3.8, 4) is 0 Å². The van der Waals surface area contributed by atoms with E-state index in [0.29, 0.717) is 12.3 Å². The van der Waals surface area contributed by atoms with E-state index in [1.165, 1.54) is 11.1 Å². The maximum atomic E-state index is 11.7. The lowest BCUT2D eigenvalue weighted by atomic mass is 9.92. The Balaban J connectivity index is 3.11. The first-order valence-corrected chi connectivity index (χ1v) is 6.29. The molecule has 0 aromatic heterocycles. The van der Waals surface area contributed by atoms with Crippen molar-refractivity contribution in [2.45, 2.75) is 52.9 Å². The van der Waals surface area contributed by atoms with Crippen LogP contribution >= 0.6 is 0 Å². The van der Waals surface area contributed by atoms with Gasteiger partial charge in [0.1, 0.15) is 0 Å². The first-order chi connectivity index (χ1) is 7.63. The van der Waals surface area contributed by atoms with E-state index in [1.54, 1.807) is 0 Å². The molecular weight excluding hydrogens is 196 g/mol. The summed E-state index contributed by atoms with van der Waals surface area (Å²) in [5.74, 6) is 0.837. The van der Waals surface area contributed by atoms with Gasteiger partial charge in [-0.3, -0.25) is 4.79 Å². The SMILES string of the molecule is CCC(=O)c1ccc(C(C)CC)cc1CC. The van der Waals surface area contributed by atoms with Gasteiger partial charge < -0.3 is 0 Å². The summed E-state index contributed by atoms with van der Waals surface area (Å²) in [5.41, 5.74) is 3.47. The van der Waals surface area contributed by atoms with Gasteiger partial charge >= 0.3 is 0 Å². The van der Waals surface area contributed by atoms with E-state index in [0.717, 1.165) is 18.4 Å². The normalized spacial score (nSPS) is 12.5. The Morgan fingerprint density at radius 2 is 1.94 bits per heavy atom. The van der Waals surface area contributed by atoms with Crippen molar-refractivity contribution in [3.63, 3.8) is 0 Å². The molecule has 0 saturated carbocycles. The van der Waals surface area contributed by atoms with Crippen LogP contribution in [0.3, 0.4) is 0 Å². The van der Waals surface area contributed by atoms with E-state index in [4.69, 9.17) is 0 Å². The summed E-state index contributed by atoms with van der Waals surface area (Å²) < 4.78 is 0. The molecule has 0 amide bonds. The van der Waals surface area contributed by atoms with Crippen LogP contribution in [0.4, 0.5) is 0 Å². The van der Waals surface area contributed by atoms with E-state index in [1.807, 2.05) is 13.0 Å². The van der Waals surface area contributed by atoms with E-state index < -0.39 is 0 Å². The van der Waals surface area contributed by atoms with Crippen molar-refractivity contribution in [2.75, 3.05) is 0 Å². The molecule has 0 aliphatic rings. The van der Waals surface area contributed by atoms with Crippen LogP contribution in [0.15, 0.2) is 18.2 Å². The van der Waals surface area contributed by atoms with Gasteiger partial charge in [-0.25, -0.2) is 0 Å². The maximum absolute atomic E-state index is 11.7. The van der Waals surface area contributed by atoms with Gasteiger partial charge in [-0.1, -0.05) is 45.9 Å². The summed E-state index contributed by atoms with van der Waals surface area (Å²) in [6.45, 7) is 8.46. The number of rotatable bonds is 5. The van der Waals surface area contributed by atoms with Crippen molar-refractivity contribution >= 4 is 5.78 Å². The largest absolute Gasteiger partial charge is 0.294 e. The van der Waals surface area contributed by atoms with Crippen LogP contribution in [0.2, 0.25) is 0 Å². The summed E-state index contributed by atoms with van der Waals surface area (Å²) in [7, 11) is 0. The van der Waals surface area contributed by atoms with Crippen LogP contribution in [-0.2, 0) is 6.42 Å². The number of ketones is 1. The third kappa shape index (κ3) is 2.72. The highest BCUT2D eigenvalue weighted by atomic mass is 16.1. The average molecular weight is 218 g/mol. The monoisotopic (exact) mass is 218 g/mol.